The number of ether oxygens (including phenoxy) is 3. The van der Waals surface area contributed by atoms with Crippen LogP contribution in [0.4, 0.5) is 0 Å². The van der Waals surface area contributed by atoms with Gasteiger partial charge in [-0.1, -0.05) is 12.1 Å². The lowest BCUT2D eigenvalue weighted by Gasteiger charge is -2.30. The maximum absolute atomic E-state index is 12.6. The van der Waals surface area contributed by atoms with Crippen LogP contribution in [-0.4, -0.2) is 32.3 Å². The van der Waals surface area contributed by atoms with Crippen molar-refractivity contribution in [3.05, 3.63) is 52.4 Å². The van der Waals surface area contributed by atoms with Gasteiger partial charge in [0, 0.05) is 11.4 Å². The topological polar surface area (TPSA) is 73.9 Å². The molecule has 0 aromatic heterocycles. The van der Waals surface area contributed by atoms with Crippen molar-refractivity contribution in [2.45, 2.75) is 51.6 Å². The maximum atomic E-state index is 12.6. The van der Waals surface area contributed by atoms with E-state index in [1.165, 1.54) is 27.1 Å². The first kappa shape index (κ1) is 20.0. The van der Waals surface area contributed by atoms with Crippen LogP contribution in [0.25, 0.3) is 0 Å². The second kappa shape index (κ2) is 8.50. The lowest BCUT2D eigenvalue weighted by molar-refractivity contribution is -0.137. The predicted molar refractivity (Wildman–Crippen MR) is 105 cm³/mol. The molecule has 0 saturated heterocycles. The molecule has 0 spiro atoms. The first-order valence-corrected chi connectivity index (χ1v) is 9.58. The van der Waals surface area contributed by atoms with Gasteiger partial charge in [0.1, 0.15) is 5.75 Å². The summed E-state index contributed by atoms with van der Waals surface area (Å²) in [5.74, 6) is -0.808. The Morgan fingerprint density at radius 2 is 1.54 bits per heavy atom. The van der Waals surface area contributed by atoms with Gasteiger partial charge < -0.3 is 19.5 Å². The molecule has 0 bridgehead atoms. The zero-order valence-corrected chi connectivity index (χ0v) is 16.8. The zero-order chi connectivity index (χ0) is 20.3. The lowest BCUT2D eigenvalue weighted by atomic mass is 9.80. The molecule has 6 heteroatoms. The summed E-state index contributed by atoms with van der Waals surface area (Å²) >= 11 is 0. The van der Waals surface area contributed by atoms with Crippen molar-refractivity contribution < 1.29 is 23.8 Å². The molecule has 2 aliphatic rings. The van der Waals surface area contributed by atoms with Crippen molar-refractivity contribution in [2.24, 2.45) is 0 Å². The van der Waals surface area contributed by atoms with E-state index < -0.39 is 17.9 Å². The first-order chi connectivity index (χ1) is 13.5. The van der Waals surface area contributed by atoms with E-state index >= 15 is 0 Å². The number of rotatable bonds is 5. The number of carbonyl (C=O) groups is 2. The van der Waals surface area contributed by atoms with Crippen LogP contribution in [0.2, 0.25) is 0 Å². The molecule has 1 fully saturated rings. The summed E-state index contributed by atoms with van der Waals surface area (Å²) in [6.07, 6.45) is 4.69. The third-order valence-electron chi connectivity index (χ3n) is 5.37. The molecule has 6 nitrogen and oxygen atoms in total. The molecule has 28 heavy (non-hydrogen) atoms. The normalized spacial score (nSPS) is 18.1. The molecule has 150 valence electrons. The molecule has 0 amide bonds. The number of dihydropyridines is 1. The van der Waals surface area contributed by atoms with Crippen LogP contribution in [0.3, 0.4) is 0 Å². The van der Waals surface area contributed by atoms with E-state index in [0.717, 1.165) is 24.2 Å². The van der Waals surface area contributed by atoms with Crippen molar-refractivity contribution in [3.8, 4) is 5.75 Å². The van der Waals surface area contributed by atoms with Gasteiger partial charge in [-0.15, -0.1) is 0 Å². The molecule has 1 aliphatic heterocycles. The predicted octanol–water partition coefficient (Wildman–Crippen LogP) is 3.59. The Balaban J connectivity index is 2.05. The second-order valence-electron chi connectivity index (χ2n) is 7.22. The highest BCUT2D eigenvalue weighted by Crippen LogP contribution is 2.40. The van der Waals surface area contributed by atoms with Crippen molar-refractivity contribution in [3.63, 3.8) is 0 Å². The van der Waals surface area contributed by atoms with E-state index in [2.05, 4.69) is 5.32 Å². The highest BCUT2D eigenvalue weighted by Gasteiger charge is 2.37. The number of hydrogen-bond acceptors (Lipinski definition) is 6. The summed E-state index contributed by atoms with van der Waals surface area (Å²) in [6, 6.07) is 7.59. The van der Waals surface area contributed by atoms with Crippen molar-refractivity contribution in [1.82, 2.24) is 5.32 Å². The van der Waals surface area contributed by atoms with Crippen molar-refractivity contribution in [2.75, 3.05) is 14.2 Å². The average molecular weight is 385 g/mol. The number of benzene rings is 1. The number of esters is 2. The largest absolute Gasteiger partial charge is 0.490 e. The molecule has 1 aromatic rings. The SMILES string of the molecule is COC(=O)C1=C(C)NC(C)=C(C(=O)OC)C1c1cccc(OC2CCCC2)c1. The first-order valence-electron chi connectivity index (χ1n) is 9.58. The van der Waals surface area contributed by atoms with E-state index in [4.69, 9.17) is 14.2 Å². The summed E-state index contributed by atoms with van der Waals surface area (Å²) < 4.78 is 16.1. The number of hydrogen-bond donors (Lipinski definition) is 1. The van der Waals surface area contributed by atoms with E-state index in [1.54, 1.807) is 13.8 Å². The molecular formula is C22H27NO5. The Bertz CT molecular complexity index is 795. The molecule has 0 atom stereocenters. The van der Waals surface area contributed by atoms with Gasteiger partial charge in [-0.05, 0) is 57.2 Å². The zero-order valence-electron chi connectivity index (χ0n) is 16.8. The molecule has 1 heterocycles. The van der Waals surface area contributed by atoms with E-state index in [-0.39, 0.29) is 6.10 Å². The Labute approximate surface area is 165 Å². The quantitative estimate of drug-likeness (QED) is 0.781. The highest BCUT2D eigenvalue weighted by molar-refractivity contribution is 5.99. The molecule has 1 saturated carbocycles. The standard InChI is InChI=1S/C22H27NO5/c1-13-18(21(24)26-3)20(19(14(2)23-13)22(25)27-4)15-8-7-11-17(12-15)28-16-9-5-6-10-16/h7-8,11-12,16,20,23H,5-6,9-10H2,1-4H3. The fourth-order valence-electron chi connectivity index (χ4n) is 4.05. The maximum Gasteiger partial charge on any atom is 0.336 e. The monoisotopic (exact) mass is 385 g/mol. The average Bonchev–Trinajstić information content (AvgIpc) is 3.19. The molecule has 0 radical (unpaired) electrons. The molecular weight excluding hydrogens is 358 g/mol. The second-order valence-corrected chi connectivity index (χ2v) is 7.22. The summed E-state index contributed by atoms with van der Waals surface area (Å²) in [7, 11) is 2.67. The highest BCUT2D eigenvalue weighted by atomic mass is 16.5. The summed E-state index contributed by atoms with van der Waals surface area (Å²) in [5, 5.41) is 3.11. The van der Waals surface area contributed by atoms with Crippen LogP contribution < -0.4 is 10.1 Å². The fraction of sp³-hybridized carbons (Fsp3) is 0.455. The lowest BCUT2D eigenvalue weighted by Crippen LogP contribution is -2.32. The van der Waals surface area contributed by atoms with Gasteiger partial charge in [0.2, 0.25) is 0 Å². The van der Waals surface area contributed by atoms with Gasteiger partial charge >= 0.3 is 11.9 Å². The summed E-state index contributed by atoms with van der Waals surface area (Å²) in [5.41, 5.74) is 2.89. The molecule has 1 N–H and O–H groups in total. The smallest absolute Gasteiger partial charge is 0.336 e. The van der Waals surface area contributed by atoms with Gasteiger partial charge in [-0.3, -0.25) is 0 Å². The summed E-state index contributed by atoms with van der Waals surface area (Å²) in [4.78, 5) is 25.1. The number of methoxy groups -OCH3 is 2. The van der Waals surface area contributed by atoms with Crippen molar-refractivity contribution >= 4 is 11.9 Å². The molecule has 1 aliphatic carbocycles. The van der Waals surface area contributed by atoms with E-state index in [9.17, 15) is 9.59 Å². The van der Waals surface area contributed by atoms with Crippen LogP contribution in [-0.2, 0) is 19.1 Å². The Kier molecular flexibility index (Phi) is 6.07. The summed E-state index contributed by atoms with van der Waals surface area (Å²) in [6.45, 7) is 3.60. The van der Waals surface area contributed by atoms with Gasteiger partial charge in [-0.2, -0.15) is 0 Å². The Morgan fingerprint density at radius 1 is 0.964 bits per heavy atom. The van der Waals surface area contributed by atoms with Gasteiger partial charge in [-0.25, -0.2) is 9.59 Å². The van der Waals surface area contributed by atoms with Crippen LogP contribution in [0, 0.1) is 0 Å². The number of allylic oxidation sites excluding steroid dienone is 2. The third-order valence-corrected chi connectivity index (χ3v) is 5.37. The van der Waals surface area contributed by atoms with Crippen LogP contribution in [0.5, 0.6) is 5.75 Å². The third kappa shape index (κ3) is 3.91. The minimum absolute atomic E-state index is 0.220. The fourth-order valence-corrected chi connectivity index (χ4v) is 4.05. The van der Waals surface area contributed by atoms with Crippen LogP contribution in [0.1, 0.15) is 51.0 Å². The molecule has 3 rings (SSSR count). The van der Waals surface area contributed by atoms with Gasteiger partial charge in [0.05, 0.1) is 37.4 Å². The number of nitrogens with one attached hydrogen (secondary N) is 1. The van der Waals surface area contributed by atoms with Crippen LogP contribution >= 0.6 is 0 Å². The minimum atomic E-state index is -0.590. The van der Waals surface area contributed by atoms with Crippen molar-refractivity contribution in [1.29, 1.82) is 0 Å². The molecule has 1 aromatic carbocycles. The van der Waals surface area contributed by atoms with Gasteiger partial charge in [0.15, 0.2) is 0 Å². The van der Waals surface area contributed by atoms with Gasteiger partial charge in [0.25, 0.3) is 0 Å². The van der Waals surface area contributed by atoms with E-state index in [0.29, 0.717) is 22.5 Å². The van der Waals surface area contributed by atoms with E-state index in [1.807, 2.05) is 24.3 Å². The molecule has 0 unspecified atom stereocenters. The minimum Gasteiger partial charge on any atom is -0.490 e. The number of carbonyl (C=O) groups excluding carboxylic acids is 2. The Morgan fingerprint density at radius 3 is 2.07 bits per heavy atom. The Hall–Kier alpha value is -2.76. The van der Waals surface area contributed by atoms with Crippen LogP contribution in [0.15, 0.2) is 46.8 Å².